The fourth-order valence-electron chi connectivity index (χ4n) is 3.59. The molecule has 168 valence electrons. The Morgan fingerprint density at radius 3 is 2.53 bits per heavy atom. The molecule has 10 nitrogen and oxygen atoms in total. The van der Waals surface area contributed by atoms with Gasteiger partial charge in [0.15, 0.2) is 0 Å². The number of benzene rings is 1. The van der Waals surface area contributed by atoms with Crippen LogP contribution < -0.4 is 14.8 Å². The zero-order valence-corrected chi connectivity index (χ0v) is 18.5. The molecule has 3 rings (SSSR count). The van der Waals surface area contributed by atoms with Gasteiger partial charge in [-0.15, -0.1) is 0 Å². The highest BCUT2D eigenvalue weighted by Gasteiger charge is 2.39. The predicted octanol–water partition coefficient (Wildman–Crippen LogP) is 0.514. The van der Waals surface area contributed by atoms with Crippen LogP contribution in [0.25, 0.3) is 0 Å². The average molecular weight is 443 g/mol. The lowest BCUT2D eigenvalue weighted by Gasteiger charge is -2.44. The van der Waals surface area contributed by atoms with E-state index in [1.54, 1.807) is 30.2 Å². The Morgan fingerprint density at radius 2 is 1.93 bits per heavy atom. The molecule has 0 bridgehead atoms. The number of amides is 2. The quantitative estimate of drug-likeness (QED) is 0.626. The van der Waals surface area contributed by atoms with Crippen molar-refractivity contribution in [1.82, 2.24) is 14.1 Å². The molecule has 1 aromatic rings. The van der Waals surface area contributed by atoms with Crippen LogP contribution in [0.5, 0.6) is 11.5 Å². The van der Waals surface area contributed by atoms with Crippen molar-refractivity contribution in [3.05, 3.63) is 18.2 Å². The van der Waals surface area contributed by atoms with E-state index in [2.05, 4.69) is 10.2 Å². The summed E-state index contributed by atoms with van der Waals surface area (Å²) in [5, 5.41) is 2.81. The number of hydrogen-bond donors (Lipinski definition) is 1. The molecule has 2 fully saturated rings. The van der Waals surface area contributed by atoms with Gasteiger partial charge in [-0.1, -0.05) is 0 Å². The number of ether oxygens (including phenoxy) is 3. The van der Waals surface area contributed by atoms with E-state index in [0.29, 0.717) is 56.6 Å². The minimum Gasteiger partial charge on any atom is -0.497 e. The standard InChI is InChI=1S/C19H30N4O6S/c1-27-16-4-5-18(28-2)17(12-16)20-19(24)22-13-15(14-22)23(30(3,25)26)7-6-21-8-10-29-11-9-21/h4-5,12,15H,6-11,13-14H2,1-3H3,(H,20,24). The van der Waals surface area contributed by atoms with Gasteiger partial charge in [-0.05, 0) is 12.1 Å². The number of hydrogen-bond acceptors (Lipinski definition) is 7. The van der Waals surface area contributed by atoms with Gasteiger partial charge in [-0.2, -0.15) is 4.31 Å². The Hall–Kier alpha value is -2.08. The summed E-state index contributed by atoms with van der Waals surface area (Å²) < 4.78 is 41.9. The number of likely N-dealkylation sites (tertiary alicyclic amines) is 1. The van der Waals surface area contributed by atoms with E-state index in [0.717, 1.165) is 13.1 Å². The lowest BCUT2D eigenvalue weighted by atomic mass is 10.1. The zero-order valence-electron chi connectivity index (χ0n) is 17.7. The summed E-state index contributed by atoms with van der Waals surface area (Å²) in [7, 11) is -0.304. The lowest BCUT2D eigenvalue weighted by Crippen LogP contribution is -2.63. The van der Waals surface area contributed by atoms with Gasteiger partial charge in [0, 0.05) is 45.3 Å². The Morgan fingerprint density at radius 1 is 1.23 bits per heavy atom. The van der Waals surface area contributed by atoms with Crippen LogP contribution in [0.3, 0.4) is 0 Å². The Labute approximate surface area is 177 Å². The predicted molar refractivity (Wildman–Crippen MR) is 113 cm³/mol. The van der Waals surface area contributed by atoms with Crippen molar-refractivity contribution in [1.29, 1.82) is 0 Å². The molecular formula is C19H30N4O6S. The molecule has 2 aliphatic heterocycles. The van der Waals surface area contributed by atoms with Crippen LogP contribution in [0.2, 0.25) is 0 Å². The minimum atomic E-state index is -3.37. The largest absolute Gasteiger partial charge is 0.497 e. The first-order valence-electron chi connectivity index (χ1n) is 9.86. The van der Waals surface area contributed by atoms with Crippen LogP contribution in [-0.4, -0.2) is 108 Å². The van der Waals surface area contributed by atoms with Crippen molar-refractivity contribution in [2.24, 2.45) is 0 Å². The molecule has 11 heteroatoms. The number of nitrogens with zero attached hydrogens (tertiary/aromatic N) is 3. The molecule has 2 aliphatic rings. The monoisotopic (exact) mass is 442 g/mol. The number of methoxy groups -OCH3 is 2. The summed E-state index contributed by atoms with van der Waals surface area (Å²) in [6.07, 6.45) is 1.22. The number of anilines is 1. The zero-order chi connectivity index (χ0) is 21.7. The summed E-state index contributed by atoms with van der Waals surface area (Å²) in [5.41, 5.74) is 0.498. The van der Waals surface area contributed by atoms with Crippen LogP contribution in [0, 0.1) is 0 Å². The van der Waals surface area contributed by atoms with Crippen LogP contribution >= 0.6 is 0 Å². The molecule has 0 saturated carbocycles. The molecule has 30 heavy (non-hydrogen) atoms. The Kier molecular flexibility index (Phi) is 7.40. The van der Waals surface area contributed by atoms with Gasteiger partial charge in [0.25, 0.3) is 0 Å². The molecule has 0 atom stereocenters. The van der Waals surface area contributed by atoms with Crippen molar-refractivity contribution in [3.8, 4) is 11.5 Å². The van der Waals surface area contributed by atoms with E-state index in [4.69, 9.17) is 14.2 Å². The molecule has 0 radical (unpaired) electrons. The summed E-state index contributed by atoms with van der Waals surface area (Å²) in [5.74, 6) is 1.11. The average Bonchev–Trinajstić information content (AvgIpc) is 2.69. The van der Waals surface area contributed by atoms with Gasteiger partial charge >= 0.3 is 6.03 Å². The summed E-state index contributed by atoms with van der Waals surface area (Å²) in [6, 6.07) is 4.61. The first-order chi connectivity index (χ1) is 14.3. The fraction of sp³-hybridized carbons (Fsp3) is 0.632. The second kappa shape index (κ2) is 9.82. The number of rotatable bonds is 8. The van der Waals surface area contributed by atoms with Gasteiger partial charge in [-0.3, -0.25) is 4.90 Å². The minimum absolute atomic E-state index is 0.223. The molecule has 1 aromatic carbocycles. The van der Waals surface area contributed by atoms with Crippen molar-refractivity contribution in [3.63, 3.8) is 0 Å². The number of sulfonamides is 1. The maximum atomic E-state index is 12.6. The second-order valence-corrected chi connectivity index (χ2v) is 9.32. The third kappa shape index (κ3) is 5.54. The van der Waals surface area contributed by atoms with Crippen LogP contribution in [0.15, 0.2) is 18.2 Å². The van der Waals surface area contributed by atoms with Crippen molar-refractivity contribution < 1.29 is 27.4 Å². The van der Waals surface area contributed by atoms with Gasteiger partial charge in [0.05, 0.1) is 45.4 Å². The molecule has 0 unspecified atom stereocenters. The van der Waals surface area contributed by atoms with Crippen LogP contribution in [0.4, 0.5) is 10.5 Å². The van der Waals surface area contributed by atoms with Crippen molar-refractivity contribution in [2.45, 2.75) is 6.04 Å². The van der Waals surface area contributed by atoms with Crippen LogP contribution in [-0.2, 0) is 14.8 Å². The molecule has 2 saturated heterocycles. The highest BCUT2D eigenvalue weighted by Crippen LogP contribution is 2.30. The summed E-state index contributed by atoms with van der Waals surface area (Å²) in [6.45, 7) is 4.69. The number of urea groups is 1. The Balaban J connectivity index is 1.56. The van der Waals surface area contributed by atoms with E-state index in [9.17, 15) is 13.2 Å². The third-order valence-electron chi connectivity index (χ3n) is 5.37. The van der Waals surface area contributed by atoms with E-state index in [1.165, 1.54) is 17.7 Å². The first-order valence-corrected chi connectivity index (χ1v) is 11.7. The van der Waals surface area contributed by atoms with Crippen molar-refractivity contribution >= 4 is 21.7 Å². The fourth-order valence-corrected chi connectivity index (χ4v) is 4.68. The van der Waals surface area contributed by atoms with Gasteiger partial charge in [0.1, 0.15) is 11.5 Å². The van der Waals surface area contributed by atoms with E-state index in [-0.39, 0.29) is 12.1 Å². The molecule has 1 N–H and O–H groups in total. The highest BCUT2D eigenvalue weighted by atomic mass is 32.2. The summed E-state index contributed by atoms with van der Waals surface area (Å²) in [4.78, 5) is 16.4. The maximum absolute atomic E-state index is 12.6. The second-order valence-electron chi connectivity index (χ2n) is 7.38. The summed E-state index contributed by atoms with van der Waals surface area (Å²) >= 11 is 0. The normalized spacial score (nSPS) is 18.2. The molecule has 0 aromatic heterocycles. The smallest absolute Gasteiger partial charge is 0.322 e. The van der Waals surface area contributed by atoms with Crippen molar-refractivity contribution in [2.75, 3.05) is 78.3 Å². The van der Waals surface area contributed by atoms with E-state index in [1.807, 2.05) is 0 Å². The molecule has 2 heterocycles. The van der Waals surface area contributed by atoms with Crippen LogP contribution in [0.1, 0.15) is 0 Å². The van der Waals surface area contributed by atoms with E-state index < -0.39 is 10.0 Å². The van der Waals surface area contributed by atoms with Gasteiger partial charge < -0.3 is 24.4 Å². The number of morpholine rings is 1. The maximum Gasteiger partial charge on any atom is 0.322 e. The van der Waals surface area contributed by atoms with Gasteiger partial charge in [0.2, 0.25) is 10.0 Å². The molecule has 0 aliphatic carbocycles. The van der Waals surface area contributed by atoms with E-state index >= 15 is 0 Å². The first kappa shape index (κ1) is 22.6. The highest BCUT2D eigenvalue weighted by molar-refractivity contribution is 7.88. The number of carbonyl (C=O) groups is 1. The Bertz CT molecular complexity index is 837. The molecular weight excluding hydrogens is 412 g/mol. The number of nitrogens with one attached hydrogen (secondary N) is 1. The van der Waals surface area contributed by atoms with Gasteiger partial charge in [-0.25, -0.2) is 13.2 Å². The number of carbonyl (C=O) groups excluding carboxylic acids is 1. The molecule has 2 amide bonds. The SMILES string of the molecule is COc1ccc(OC)c(NC(=O)N2CC(N(CCN3CCOCC3)S(C)(=O)=O)C2)c1. The topological polar surface area (TPSA) is 101 Å². The lowest BCUT2D eigenvalue weighted by molar-refractivity contribution is 0.0318. The molecule has 0 spiro atoms. The third-order valence-corrected chi connectivity index (χ3v) is 6.70.